The number of urea groups is 1. The first kappa shape index (κ1) is 20.8. The van der Waals surface area contributed by atoms with Gasteiger partial charge in [0.05, 0.1) is 0 Å². The molecular formula is C20H23N3O5. The van der Waals surface area contributed by atoms with Gasteiger partial charge < -0.3 is 25.4 Å². The molecule has 3 amide bonds. The molecule has 8 nitrogen and oxygen atoms in total. The van der Waals surface area contributed by atoms with Crippen LogP contribution in [0.3, 0.4) is 0 Å². The zero-order valence-corrected chi connectivity index (χ0v) is 15.9. The fourth-order valence-corrected chi connectivity index (χ4v) is 2.38. The van der Waals surface area contributed by atoms with Crippen LogP contribution in [0, 0.1) is 0 Å². The van der Waals surface area contributed by atoms with Gasteiger partial charge in [-0.3, -0.25) is 4.79 Å². The number of carboxylic acids is 1. The van der Waals surface area contributed by atoms with Crippen molar-refractivity contribution in [2.24, 2.45) is 0 Å². The number of rotatable bonds is 7. The van der Waals surface area contributed by atoms with Crippen molar-refractivity contribution >= 4 is 29.3 Å². The van der Waals surface area contributed by atoms with E-state index >= 15 is 0 Å². The van der Waals surface area contributed by atoms with E-state index < -0.39 is 12.6 Å². The molecule has 2 rings (SSSR count). The number of amides is 3. The minimum absolute atomic E-state index is 0.00148. The SMILES string of the molecule is CC(C)NC(=O)Nc1cccc(C(=O)N(C)c2ccc(OCC(=O)O)cc2)c1. The first-order valence-electron chi connectivity index (χ1n) is 8.66. The Morgan fingerprint density at radius 2 is 1.79 bits per heavy atom. The minimum Gasteiger partial charge on any atom is -0.482 e. The zero-order valence-electron chi connectivity index (χ0n) is 15.9. The van der Waals surface area contributed by atoms with Gasteiger partial charge in [0.25, 0.3) is 5.91 Å². The number of carbonyl (C=O) groups excluding carboxylic acids is 2. The molecule has 0 fully saturated rings. The highest BCUT2D eigenvalue weighted by molar-refractivity contribution is 6.06. The molecule has 0 atom stereocenters. The van der Waals surface area contributed by atoms with Crippen molar-refractivity contribution in [3.8, 4) is 5.75 Å². The fourth-order valence-electron chi connectivity index (χ4n) is 2.38. The van der Waals surface area contributed by atoms with Gasteiger partial charge in [0.15, 0.2) is 6.61 Å². The summed E-state index contributed by atoms with van der Waals surface area (Å²) < 4.78 is 5.08. The molecule has 0 radical (unpaired) electrons. The van der Waals surface area contributed by atoms with Gasteiger partial charge in [-0.25, -0.2) is 9.59 Å². The monoisotopic (exact) mass is 385 g/mol. The standard InChI is InChI=1S/C20H23N3O5/c1-13(2)21-20(27)22-15-6-4-5-14(11-15)19(26)23(3)16-7-9-17(10-8-16)28-12-18(24)25/h4-11,13H,12H2,1-3H3,(H,24,25)(H2,21,22,27). The van der Waals surface area contributed by atoms with Gasteiger partial charge in [-0.2, -0.15) is 0 Å². The van der Waals surface area contributed by atoms with Gasteiger partial charge in [0.2, 0.25) is 0 Å². The van der Waals surface area contributed by atoms with Gasteiger partial charge in [0, 0.05) is 30.0 Å². The maximum absolute atomic E-state index is 12.7. The number of aliphatic carboxylic acids is 1. The van der Waals surface area contributed by atoms with E-state index in [-0.39, 0.29) is 18.0 Å². The summed E-state index contributed by atoms with van der Waals surface area (Å²) in [4.78, 5) is 36.6. The quantitative estimate of drug-likeness (QED) is 0.679. The lowest BCUT2D eigenvalue weighted by Crippen LogP contribution is -2.34. The fraction of sp³-hybridized carbons (Fsp3) is 0.250. The second kappa shape index (κ2) is 9.40. The van der Waals surface area contributed by atoms with Crippen molar-refractivity contribution in [3.05, 3.63) is 54.1 Å². The van der Waals surface area contributed by atoms with Crippen LogP contribution in [-0.4, -0.2) is 42.7 Å². The molecule has 2 aromatic carbocycles. The van der Waals surface area contributed by atoms with E-state index in [1.54, 1.807) is 55.6 Å². The summed E-state index contributed by atoms with van der Waals surface area (Å²) in [5.74, 6) is -0.923. The second-order valence-electron chi connectivity index (χ2n) is 6.37. The molecule has 0 aliphatic heterocycles. The second-order valence-corrected chi connectivity index (χ2v) is 6.37. The first-order chi connectivity index (χ1) is 13.3. The van der Waals surface area contributed by atoms with Crippen molar-refractivity contribution in [1.82, 2.24) is 5.32 Å². The number of anilines is 2. The van der Waals surface area contributed by atoms with Crippen LogP contribution in [-0.2, 0) is 4.79 Å². The van der Waals surface area contributed by atoms with E-state index in [0.29, 0.717) is 22.7 Å². The van der Waals surface area contributed by atoms with Crippen LogP contribution in [0.2, 0.25) is 0 Å². The zero-order chi connectivity index (χ0) is 20.7. The molecule has 0 unspecified atom stereocenters. The number of hydrogen-bond donors (Lipinski definition) is 3. The van der Waals surface area contributed by atoms with Crippen LogP contribution in [0.5, 0.6) is 5.75 Å². The highest BCUT2D eigenvalue weighted by atomic mass is 16.5. The summed E-state index contributed by atoms with van der Waals surface area (Å²) in [5, 5.41) is 14.0. The van der Waals surface area contributed by atoms with Gasteiger partial charge in [0.1, 0.15) is 5.75 Å². The summed E-state index contributed by atoms with van der Waals surface area (Å²) in [7, 11) is 1.63. The summed E-state index contributed by atoms with van der Waals surface area (Å²) in [6, 6.07) is 12.8. The van der Waals surface area contributed by atoms with Crippen molar-refractivity contribution < 1.29 is 24.2 Å². The molecule has 0 heterocycles. The normalized spacial score (nSPS) is 10.3. The molecule has 0 aliphatic rings. The van der Waals surface area contributed by atoms with Crippen LogP contribution in [0.25, 0.3) is 0 Å². The van der Waals surface area contributed by atoms with Gasteiger partial charge >= 0.3 is 12.0 Å². The van der Waals surface area contributed by atoms with Crippen LogP contribution < -0.4 is 20.3 Å². The van der Waals surface area contributed by atoms with Gasteiger partial charge in [-0.05, 0) is 56.3 Å². The number of nitrogens with zero attached hydrogens (tertiary/aromatic N) is 1. The number of carbonyl (C=O) groups is 3. The first-order valence-corrected chi connectivity index (χ1v) is 8.66. The largest absolute Gasteiger partial charge is 0.482 e. The Labute approximate surface area is 163 Å². The van der Waals surface area contributed by atoms with E-state index in [2.05, 4.69) is 10.6 Å². The summed E-state index contributed by atoms with van der Waals surface area (Å²) in [6.07, 6.45) is 0. The van der Waals surface area contributed by atoms with E-state index in [1.165, 1.54) is 4.90 Å². The van der Waals surface area contributed by atoms with Crippen molar-refractivity contribution in [1.29, 1.82) is 0 Å². The third-order valence-corrected chi connectivity index (χ3v) is 3.68. The molecule has 0 saturated heterocycles. The summed E-state index contributed by atoms with van der Waals surface area (Å²) >= 11 is 0. The molecule has 2 aromatic rings. The Kier molecular flexibility index (Phi) is 6.97. The average Bonchev–Trinajstić information content (AvgIpc) is 2.65. The highest BCUT2D eigenvalue weighted by Gasteiger charge is 2.15. The number of hydrogen-bond acceptors (Lipinski definition) is 4. The van der Waals surface area contributed by atoms with Gasteiger partial charge in [-0.1, -0.05) is 6.07 Å². The maximum Gasteiger partial charge on any atom is 0.341 e. The van der Waals surface area contributed by atoms with Crippen molar-refractivity contribution in [2.75, 3.05) is 23.9 Å². The lowest BCUT2D eigenvalue weighted by atomic mass is 10.1. The van der Waals surface area contributed by atoms with Crippen LogP contribution in [0.15, 0.2) is 48.5 Å². The summed E-state index contributed by atoms with van der Waals surface area (Å²) in [5.41, 5.74) is 1.54. The van der Waals surface area contributed by atoms with E-state index in [4.69, 9.17) is 9.84 Å². The molecule has 148 valence electrons. The Morgan fingerprint density at radius 1 is 1.11 bits per heavy atom. The lowest BCUT2D eigenvalue weighted by Gasteiger charge is -2.18. The number of benzene rings is 2. The Balaban J connectivity index is 2.07. The molecule has 3 N–H and O–H groups in total. The van der Waals surface area contributed by atoms with E-state index in [0.717, 1.165) is 0 Å². The molecule has 0 saturated carbocycles. The van der Waals surface area contributed by atoms with Crippen LogP contribution >= 0.6 is 0 Å². The van der Waals surface area contributed by atoms with E-state index in [1.807, 2.05) is 13.8 Å². The van der Waals surface area contributed by atoms with Crippen LogP contribution in [0.4, 0.5) is 16.2 Å². The lowest BCUT2D eigenvalue weighted by molar-refractivity contribution is -0.139. The van der Waals surface area contributed by atoms with Gasteiger partial charge in [-0.15, -0.1) is 0 Å². The topological polar surface area (TPSA) is 108 Å². The predicted octanol–water partition coefficient (Wildman–Crippen LogP) is 2.96. The number of ether oxygens (including phenoxy) is 1. The average molecular weight is 385 g/mol. The van der Waals surface area contributed by atoms with Crippen LogP contribution in [0.1, 0.15) is 24.2 Å². The van der Waals surface area contributed by atoms with E-state index in [9.17, 15) is 14.4 Å². The number of carboxylic acid groups (broad SMARTS) is 1. The smallest absolute Gasteiger partial charge is 0.341 e. The summed E-state index contributed by atoms with van der Waals surface area (Å²) in [6.45, 7) is 3.28. The number of nitrogens with one attached hydrogen (secondary N) is 2. The Hall–Kier alpha value is -3.55. The molecule has 0 aromatic heterocycles. The predicted molar refractivity (Wildman–Crippen MR) is 106 cm³/mol. The van der Waals surface area contributed by atoms with Crippen molar-refractivity contribution in [3.63, 3.8) is 0 Å². The third kappa shape index (κ3) is 6.01. The Morgan fingerprint density at radius 3 is 2.39 bits per heavy atom. The molecular weight excluding hydrogens is 362 g/mol. The molecule has 8 heteroatoms. The van der Waals surface area contributed by atoms with Crippen molar-refractivity contribution in [2.45, 2.75) is 19.9 Å². The molecule has 0 aliphatic carbocycles. The molecule has 0 spiro atoms. The third-order valence-electron chi connectivity index (χ3n) is 3.68. The Bertz CT molecular complexity index is 849. The molecule has 0 bridgehead atoms. The maximum atomic E-state index is 12.7. The highest BCUT2D eigenvalue weighted by Crippen LogP contribution is 2.21. The minimum atomic E-state index is -1.06. The molecule has 28 heavy (non-hydrogen) atoms.